The predicted molar refractivity (Wildman–Crippen MR) is 70.2 cm³/mol. The van der Waals surface area contributed by atoms with Gasteiger partial charge in [0.25, 0.3) is 0 Å². The van der Waals surface area contributed by atoms with Crippen LogP contribution in [0.3, 0.4) is 0 Å². The first-order chi connectivity index (χ1) is 8.60. The Morgan fingerprint density at radius 1 is 1.44 bits per heavy atom. The molecule has 1 aliphatic heterocycles. The first-order valence-electron chi connectivity index (χ1n) is 6.40. The number of carbonyl (C=O) groups excluding carboxylic acids is 1. The zero-order chi connectivity index (χ0) is 13.0. The van der Waals surface area contributed by atoms with E-state index in [0.717, 1.165) is 31.7 Å². The minimum Gasteiger partial charge on any atom is -0.381 e. The lowest BCUT2D eigenvalue weighted by atomic mass is 9.74. The Balaban J connectivity index is 2.02. The van der Waals surface area contributed by atoms with Gasteiger partial charge in [-0.3, -0.25) is 9.78 Å². The van der Waals surface area contributed by atoms with Crippen LogP contribution in [0.2, 0.25) is 0 Å². The van der Waals surface area contributed by atoms with Crippen molar-refractivity contribution in [1.29, 1.82) is 0 Å². The van der Waals surface area contributed by atoms with E-state index >= 15 is 0 Å². The van der Waals surface area contributed by atoms with Gasteiger partial charge in [-0.1, -0.05) is 13.8 Å². The molecule has 1 amide bonds. The van der Waals surface area contributed by atoms with Gasteiger partial charge in [0.2, 0.25) is 5.91 Å². The summed E-state index contributed by atoms with van der Waals surface area (Å²) in [7, 11) is 0. The number of amides is 1. The van der Waals surface area contributed by atoms with Crippen molar-refractivity contribution in [3.8, 4) is 0 Å². The SMILES string of the molecule is CC(C)(C(=O)Nc1cccnc1)C1CCOCC1. The smallest absolute Gasteiger partial charge is 0.230 e. The number of pyridine rings is 1. The molecule has 1 aliphatic rings. The van der Waals surface area contributed by atoms with Crippen molar-refractivity contribution in [2.24, 2.45) is 11.3 Å². The normalized spacial score (nSPS) is 17.4. The number of nitrogens with zero attached hydrogens (tertiary/aromatic N) is 1. The van der Waals surface area contributed by atoms with Crippen molar-refractivity contribution in [2.45, 2.75) is 26.7 Å². The molecule has 4 nitrogen and oxygen atoms in total. The third kappa shape index (κ3) is 2.88. The molecular formula is C14H20N2O2. The Morgan fingerprint density at radius 3 is 2.78 bits per heavy atom. The molecule has 1 N–H and O–H groups in total. The van der Waals surface area contributed by atoms with E-state index in [1.807, 2.05) is 26.0 Å². The Morgan fingerprint density at radius 2 is 2.17 bits per heavy atom. The van der Waals surface area contributed by atoms with Gasteiger partial charge in [0.05, 0.1) is 11.9 Å². The maximum Gasteiger partial charge on any atom is 0.230 e. The van der Waals surface area contributed by atoms with Crippen molar-refractivity contribution >= 4 is 11.6 Å². The number of anilines is 1. The molecule has 98 valence electrons. The van der Waals surface area contributed by atoms with Gasteiger partial charge < -0.3 is 10.1 Å². The van der Waals surface area contributed by atoms with Gasteiger partial charge in [-0.05, 0) is 30.9 Å². The van der Waals surface area contributed by atoms with E-state index < -0.39 is 0 Å². The summed E-state index contributed by atoms with van der Waals surface area (Å²) in [6.45, 7) is 5.53. The number of nitrogens with one attached hydrogen (secondary N) is 1. The van der Waals surface area contributed by atoms with Crippen LogP contribution in [0.15, 0.2) is 24.5 Å². The zero-order valence-electron chi connectivity index (χ0n) is 11.0. The minimum absolute atomic E-state index is 0.0578. The topological polar surface area (TPSA) is 51.2 Å². The molecule has 0 spiro atoms. The van der Waals surface area contributed by atoms with E-state index in [0.29, 0.717) is 5.92 Å². The summed E-state index contributed by atoms with van der Waals surface area (Å²) in [5.74, 6) is 0.435. The van der Waals surface area contributed by atoms with E-state index in [9.17, 15) is 4.79 Å². The van der Waals surface area contributed by atoms with Crippen molar-refractivity contribution in [1.82, 2.24) is 4.98 Å². The summed E-state index contributed by atoms with van der Waals surface area (Å²) >= 11 is 0. The minimum atomic E-state index is -0.375. The Kier molecular flexibility index (Phi) is 3.97. The van der Waals surface area contributed by atoms with Crippen molar-refractivity contribution in [2.75, 3.05) is 18.5 Å². The third-order valence-corrected chi connectivity index (χ3v) is 3.75. The molecule has 1 saturated heterocycles. The molecule has 1 aromatic rings. The monoisotopic (exact) mass is 248 g/mol. The van der Waals surface area contributed by atoms with Crippen LogP contribution in [-0.4, -0.2) is 24.1 Å². The van der Waals surface area contributed by atoms with E-state index in [1.54, 1.807) is 12.4 Å². The highest BCUT2D eigenvalue weighted by atomic mass is 16.5. The molecular weight excluding hydrogens is 228 g/mol. The molecule has 0 aliphatic carbocycles. The fraction of sp³-hybridized carbons (Fsp3) is 0.571. The molecule has 0 saturated carbocycles. The Bertz CT molecular complexity index is 398. The van der Waals surface area contributed by atoms with Gasteiger partial charge in [0, 0.05) is 24.8 Å². The lowest BCUT2D eigenvalue weighted by Gasteiger charge is -2.35. The number of ether oxygens (including phenoxy) is 1. The molecule has 0 bridgehead atoms. The van der Waals surface area contributed by atoms with E-state index in [4.69, 9.17) is 4.74 Å². The summed E-state index contributed by atoms with van der Waals surface area (Å²) in [5.41, 5.74) is 0.377. The molecule has 2 rings (SSSR count). The Labute approximate surface area is 108 Å². The third-order valence-electron chi connectivity index (χ3n) is 3.75. The second-order valence-electron chi connectivity index (χ2n) is 5.30. The lowest BCUT2D eigenvalue weighted by molar-refractivity contribution is -0.128. The maximum absolute atomic E-state index is 12.4. The van der Waals surface area contributed by atoms with Crippen LogP contribution in [0.5, 0.6) is 0 Å². The van der Waals surface area contributed by atoms with Crippen LogP contribution in [-0.2, 0) is 9.53 Å². The summed E-state index contributed by atoms with van der Waals surface area (Å²) in [4.78, 5) is 16.4. The molecule has 1 fully saturated rings. The van der Waals surface area contributed by atoms with Crippen molar-refractivity contribution < 1.29 is 9.53 Å². The second kappa shape index (κ2) is 5.48. The first-order valence-corrected chi connectivity index (χ1v) is 6.40. The van der Waals surface area contributed by atoms with Gasteiger partial charge in [-0.2, -0.15) is 0 Å². The van der Waals surface area contributed by atoms with E-state index in [2.05, 4.69) is 10.3 Å². The quantitative estimate of drug-likeness (QED) is 0.894. The number of rotatable bonds is 3. The first kappa shape index (κ1) is 13.0. The molecule has 4 heteroatoms. The van der Waals surface area contributed by atoms with Gasteiger partial charge in [0.15, 0.2) is 0 Å². The highest BCUT2D eigenvalue weighted by molar-refractivity contribution is 5.94. The highest BCUT2D eigenvalue weighted by Crippen LogP contribution is 2.35. The largest absolute Gasteiger partial charge is 0.381 e. The molecule has 18 heavy (non-hydrogen) atoms. The lowest BCUT2D eigenvalue weighted by Crippen LogP contribution is -2.40. The summed E-state index contributed by atoms with van der Waals surface area (Å²) in [5, 5.41) is 2.94. The van der Waals surface area contributed by atoms with Crippen LogP contribution < -0.4 is 5.32 Å². The van der Waals surface area contributed by atoms with Crippen LogP contribution in [0, 0.1) is 11.3 Å². The van der Waals surface area contributed by atoms with E-state index in [-0.39, 0.29) is 11.3 Å². The molecule has 0 atom stereocenters. The Hall–Kier alpha value is -1.42. The maximum atomic E-state index is 12.4. The van der Waals surface area contributed by atoms with Crippen LogP contribution in [0.25, 0.3) is 0 Å². The van der Waals surface area contributed by atoms with Crippen LogP contribution in [0.4, 0.5) is 5.69 Å². The standard InChI is InChI=1S/C14H20N2O2/c1-14(2,11-5-8-18-9-6-11)13(17)16-12-4-3-7-15-10-12/h3-4,7,10-11H,5-6,8-9H2,1-2H3,(H,16,17). The second-order valence-corrected chi connectivity index (χ2v) is 5.30. The summed E-state index contributed by atoms with van der Waals surface area (Å²) in [6.07, 6.45) is 5.26. The van der Waals surface area contributed by atoms with Gasteiger partial charge in [-0.25, -0.2) is 0 Å². The highest BCUT2D eigenvalue weighted by Gasteiger charge is 2.37. The summed E-state index contributed by atoms with van der Waals surface area (Å²) in [6, 6.07) is 3.67. The molecule has 0 aromatic carbocycles. The number of hydrogen-bond donors (Lipinski definition) is 1. The van der Waals surface area contributed by atoms with Crippen molar-refractivity contribution in [3.63, 3.8) is 0 Å². The van der Waals surface area contributed by atoms with Crippen LogP contribution in [0.1, 0.15) is 26.7 Å². The van der Waals surface area contributed by atoms with Gasteiger partial charge in [-0.15, -0.1) is 0 Å². The van der Waals surface area contributed by atoms with E-state index in [1.165, 1.54) is 0 Å². The number of carbonyl (C=O) groups is 1. The number of aromatic nitrogens is 1. The molecule has 1 aromatic heterocycles. The number of hydrogen-bond acceptors (Lipinski definition) is 3. The predicted octanol–water partition coefficient (Wildman–Crippen LogP) is 2.47. The fourth-order valence-corrected chi connectivity index (χ4v) is 2.33. The fourth-order valence-electron chi connectivity index (χ4n) is 2.33. The molecule has 0 unspecified atom stereocenters. The summed E-state index contributed by atoms with van der Waals surface area (Å²) < 4.78 is 5.35. The molecule has 0 radical (unpaired) electrons. The van der Waals surface area contributed by atoms with Gasteiger partial charge in [0.1, 0.15) is 0 Å². The van der Waals surface area contributed by atoms with Crippen molar-refractivity contribution in [3.05, 3.63) is 24.5 Å². The van der Waals surface area contributed by atoms with Gasteiger partial charge >= 0.3 is 0 Å². The zero-order valence-corrected chi connectivity index (χ0v) is 11.0. The average Bonchev–Trinajstić information content (AvgIpc) is 2.41. The molecule has 2 heterocycles. The van der Waals surface area contributed by atoms with Crippen LogP contribution >= 0.6 is 0 Å². The average molecular weight is 248 g/mol.